The first kappa shape index (κ1) is 17.0. The maximum absolute atomic E-state index is 12.1. The fraction of sp³-hybridized carbons (Fsp3) is 0.529. The van der Waals surface area contributed by atoms with Crippen LogP contribution in [0.3, 0.4) is 0 Å². The molecular formula is C17H23BN2O4. The molecular weight excluding hydrogens is 307 g/mol. The second-order valence-corrected chi connectivity index (χ2v) is 7.23. The molecule has 0 aliphatic carbocycles. The van der Waals surface area contributed by atoms with E-state index in [9.17, 15) is 4.79 Å². The number of benzene rings is 1. The number of rotatable bonds is 2. The van der Waals surface area contributed by atoms with Gasteiger partial charge in [0.05, 0.1) is 23.8 Å². The van der Waals surface area contributed by atoms with E-state index in [1.54, 1.807) is 4.68 Å². The molecule has 24 heavy (non-hydrogen) atoms. The van der Waals surface area contributed by atoms with E-state index in [1.807, 2.05) is 53.8 Å². The molecule has 128 valence electrons. The Bertz CT molecular complexity index is 810. The van der Waals surface area contributed by atoms with Gasteiger partial charge in [-0.25, -0.2) is 4.79 Å². The Balaban J connectivity index is 2.15. The highest BCUT2D eigenvalue weighted by molar-refractivity contribution is 6.63. The fourth-order valence-electron chi connectivity index (χ4n) is 3.00. The van der Waals surface area contributed by atoms with E-state index in [-0.39, 0.29) is 0 Å². The van der Waals surface area contributed by atoms with Gasteiger partial charge in [-0.05, 0) is 51.7 Å². The van der Waals surface area contributed by atoms with Crippen LogP contribution in [0.25, 0.3) is 10.9 Å². The van der Waals surface area contributed by atoms with Crippen molar-refractivity contribution >= 4 is 29.5 Å². The molecule has 1 fully saturated rings. The third-order valence-electron chi connectivity index (χ3n) is 5.21. The van der Waals surface area contributed by atoms with Gasteiger partial charge in [-0.15, -0.1) is 0 Å². The first-order valence-electron chi connectivity index (χ1n) is 7.99. The number of fused-ring (bicyclic) bond motifs is 1. The van der Waals surface area contributed by atoms with Crippen LogP contribution in [0.5, 0.6) is 0 Å². The van der Waals surface area contributed by atoms with Gasteiger partial charge in [-0.3, -0.25) is 4.68 Å². The van der Waals surface area contributed by atoms with E-state index in [0.717, 1.165) is 21.9 Å². The van der Waals surface area contributed by atoms with E-state index in [1.165, 1.54) is 7.11 Å². The van der Waals surface area contributed by atoms with Crippen LogP contribution in [-0.2, 0) is 21.1 Å². The van der Waals surface area contributed by atoms with E-state index >= 15 is 0 Å². The van der Waals surface area contributed by atoms with Gasteiger partial charge in [0.25, 0.3) is 0 Å². The van der Waals surface area contributed by atoms with Crippen molar-refractivity contribution in [2.24, 2.45) is 7.05 Å². The average Bonchev–Trinajstić information content (AvgIpc) is 2.93. The highest BCUT2D eigenvalue weighted by Crippen LogP contribution is 2.37. The van der Waals surface area contributed by atoms with Gasteiger partial charge in [-0.2, -0.15) is 5.10 Å². The Morgan fingerprint density at radius 1 is 1.21 bits per heavy atom. The molecule has 0 N–H and O–H groups in total. The predicted octanol–water partition coefficient (Wildman–Crippen LogP) is 1.97. The number of carbonyl (C=O) groups is 1. The number of methoxy groups -OCH3 is 1. The van der Waals surface area contributed by atoms with Crippen LogP contribution < -0.4 is 5.46 Å². The third-order valence-corrected chi connectivity index (χ3v) is 5.21. The Labute approximate surface area is 142 Å². The molecule has 0 amide bonds. The van der Waals surface area contributed by atoms with Gasteiger partial charge >= 0.3 is 13.1 Å². The SMILES string of the molecule is COC(=O)c1nn(C)c2ccc(B3OC(C)(C)C(C)(C)O3)c(C)c12. The summed E-state index contributed by atoms with van der Waals surface area (Å²) in [6, 6.07) is 3.91. The van der Waals surface area contributed by atoms with Crippen molar-refractivity contribution < 1.29 is 18.8 Å². The monoisotopic (exact) mass is 330 g/mol. The molecule has 0 atom stereocenters. The Hall–Kier alpha value is -1.86. The van der Waals surface area contributed by atoms with E-state index in [4.69, 9.17) is 14.0 Å². The average molecular weight is 330 g/mol. The normalized spacial score (nSPS) is 19.0. The number of aromatic nitrogens is 2. The largest absolute Gasteiger partial charge is 0.495 e. The molecule has 1 aromatic heterocycles. The number of ether oxygens (including phenoxy) is 1. The Morgan fingerprint density at radius 3 is 2.33 bits per heavy atom. The Morgan fingerprint density at radius 2 is 1.79 bits per heavy atom. The Kier molecular flexibility index (Phi) is 3.77. The summed E-state index contributed by atoms with van der Waals surface area (Å²) in [7, 11) is 2.68. The van der Waals surface area contributed by atoms with Crippen LogP contribution in [0, 0.1) is 6.92 Å². The number of carbonyl (C=O) groups excluding carboxylic acids is 1. The number of nitrogens with zero attached hydrogens (tertiary/aromatic N) is 2. The van der Waals surface area contributed by atoms with E-state index in [2.05, 4.69) is 5.10 Å². The lowest BCUT2D eigenvalue weighted by molar-refractivity contribution is 0.00578. The minimum absolute atomic E-state index is 0.311. The summed E-state index contributed by atoms with van der Waals surface area (Å²) in [6.45, 7) is 10.0. The lowest BCUT2D eigenvalue weighted by Crippen LogP contribution is -2.41. The predicted molar refractivity (Wildman–Crippen MR) is 92.5 cm³/mol. The highest BCUT2D eigenvalue weighted by Gasteiger charge is 2.52. The highest BCUT2D eigenvalue weighted by atomic mass is 16.7. The summed E-state index contributed by atoms with van der Waals surface area (Å²) in [5, 5.41) is 5.08. The summed E-state index contributed by atoms with van der Waals surface area (Å²) in [5.41, 5.74) is 2.16. The van der Waals surface area contributed by atoms with Gasteiger partial charge in [0.1, 0.15) is 0 Å². The van der Waals surface area contributed by atoms with Gasteiger partial charge in [0.15, 0.2) is 5.69 Å². The summed E-state index contributed by atoms with van der Waals surface area (Å²) < 4.78 is 18.8. The van der Waals surface area contributed by atoms with Crippen molar-refractivity contribution in [1.82, 2.24) is 9.78 Å². The maximum atomic E-state index is 12.1. The van der Waals surface area contributed by atoms with Crippen molar-refractivity contribution in [2.45, 2.75) is 45.8 Å². The zero-order chi connectivity index (χ0) is 17.9. The maximum Gasteiger partial charge on any atom is 0.495 e. The van der Waals surface area contributed by atoms with Crippen LogP contribution in [0.2, 0.25) is 0 Å². The molecule has 0 bridgehead atoms. The third kappa shape index (κ3) is 2.34. The van der Waals surface area contributed by atoms with E-state index in [0.29, 0.717) is 5.69 Å². The second-order valence-electron chi connectivity index (χ2n) is 7.23. The van der Waals surface area contributed by atoms with Crippen molar-refractivity contribution in [2.75, 3.05) is 7.11 Å². The molecule has 0 unspecified atom stereocenters. The van der Waals surface area contributed by atoms with Crippen LogP contribution in [0.15, 0.2) is 12.1 Å². The molecule has 2 aromatic rings. The number of esters is 1. The minimum atomic E-state index is -0.481. The summed E-state index contributed by atoms with van der Waals surface area (Å²) in [5.74, 6) is -0.449. The van der Waals surface area contributed by atoms with Crippen LogP contribution in [-0.4, -0.2) is 41.2 Å². The molecule has 1 saturated heterocycles. The van der Waals surface area contributed by atoms with Crippen LogP contribution in [0.1, 0.15) is 43.7 Å². The molecule has 1 aliphatic heterocycles. The zero-order valence-electron chi connectivity index (χ0n) is 15.3. The van der Waals surface area contributed by atoms with Gasteiger partial charge in [0.2, 0.25) is 0 Å². The van der Waals surface area contributed by atoms with Gasteiger partial charge < -0.3 is 14.0 Å². The minimum Gasteiger partial charge on any atom is -0.464 e. The zero-order valence-corrected chi connectivity index (χ0v) is 15.3. The molecule has 0 spiro atoms. The summed E-state index contributed by atoms with van der Waals surface area (Å²) in [4.78, 5) is 12.1. The van der Waals surface area contributed by atoms with Gasteiger partial charge in [0, 0.05) is 12.4 Å². The summed E-state index contributed by atoms with van der Waals surface area (Å²) in [6.07, 6.45) is 0. The van der Waals surface area contributed by atoms with E-state index < -0.39 is 24.3 Å². The number of aryl methyl sites for hydroxylation is 2. The lowest BCUT2D eigenvalue weighted by Gasteiger charge is -2.32. The first-order chi connectivity index (χ1) is 11.1. The van der Waals surface area contributed by atoms with Crippen molar-refractivity contribution in [3.8, 4) is 0 Å². The second kappa shape index (κ2) is 5.32. The van der Waals surface area contributed by atoms with Gasteiger partial charge in [-0.1, -0.05) is 6.07 Å². The molecule has 0 saturated carbocycles. The molecule has 6 nitrogen and oxygen atoms in total. The number of hydrogen-bond acceptors (Lipinski definition) is 5. The quantitative estimate of drug-likeness (QED) is 0.622. The van der Waals surface area contributed by atoms with Crippen LogP contribution in [0.4, 0.5) is 0 Å². The first-order valence-corrected chi connectivity index (χ1v) is 7.99. The molecule has 3 rings (SSSR count). The fourth-order valence-corrected chi connectivity index (χ4v) is 3.00. The summed E-state index contributed by atoms with van der Waals surface area (Å²) >= 11 is 0. The smallest absolute Gasteiger partial charge is 0.464 e. The molecule has 1 aliphatic rings. The standard InChI is InChI=1S/C17H23BN2O4/c1-10-11(18-23-16(2,3)17(4,5)24-18)8-9-12-13(10)14(15(21)22-7)19-20(12)6/h8-9H,1-7H3. The topological polar surface area (TPSA) is 62.6 Å². The molecule has 2 heterocycles. The van der Waals surface area contributed by atoms with Crippen molar-refractivity contribution in [3.63, 3.8) is 0 Å². The lowest BCUT2D eigenvalue weighted by atomic mass is 9.75. The molecule has 1 aromatic carbocycles. The van der Waals surface area contributed by atoms with Crippen LogP contribution >= 0.6 is 0 Å². The van der Waals surface area contributed by atoms with Crippen molar-refractivity contribution in [3.05, 3.63) is 23.4 Å². The molecule has 7 heteroatoms. The molecule has 0 radical (unpaired) electrons. The number of hydrogen-bond donors (Lipinski definition) is 0. The van der Waals surface area contributed by atoms with Crippen molar-refractivity contribution in [1.29, 1.82) is 0 Å².